The fourth-order valence-electron chi connectivity index (χ4n) is 3.10. The van der Waals surface area contributed by atoms with Gasteiger partial charge in [0, 0.05) is 0 Å². The van der Waals surface area contributed by atoms with E-state index in [9.17, 15) is 57.1 Å². The summed E-state index contributed by atoms with van der Waals surface area (Å²) in [7, 11) is 0. The van der Waals surface area contributed by atoms with E-state index in [0.29, 0.717) is 6.42 Å². The first kappa shape index (κ1) is 29.1. The van der Waals surface area contributed by atoms with Crippen molar-refractivity contribution in [3.63, 3.8) is 0 Å². The fraction of sp³-hybridized carbons (Fsp3) is 0.600. The van der Waals surface area contributed by atoms with Crippen LogP contribution < -0.4 is 0 Å². The molecule has 0 heterocycles. The summed E-state index contributed by atoms with van der Waals surface area (Å²) in [5.41, 5.74) is -4.80. The van der Waals surface area contributed by atoms with Crippen LogP contribution in [0.2, 0.25) is 0 Å². The van der Waals surface area contributed by atoms with E-state index in [1.54, 1.807) is 24.3 Å². The molecule has 1 unspecified atom stereocenters. The molecule has 1 aromatic carbocycles. The first-order valence-electron chi connectivity index (χ1n) is 9.44. The minimum atomic E-state index is -7.71. The van der Waals surface area contributed by atoms with Crippen molar-refractivity contribution in [2.24, 2.45) is 0 Å². The predicted octanol–water partition coefficient (Wildman–Crippen LogP) is 8.56. The summed E-state index contributed by atoms with van der Waals surface area (Å²) >= 11 is 0. The first-order valence-corrected chi connectivity index (χ1v) is 9.44. The third-order valence-corrected chi connectivity index (χ3v) is 5.08. The number of alkyl halides is 13. The van der Waals surface area contributed by atoms with Crippen LogP contribution in [0.4, 0.5) is 57.1 Å². The number of benzene rings is 1. The van der Waals surface area contributed by atoms with Crippen LogP contribution in [0.1, 0.15) is 43.2 Å². The summed E-state index contributed by atoms with van der Waals surface area (Å²) in [4.78, 5) is 0. The SMILES string of the molecule is C=Cc1ccccc1CCCCCCC(F)(C(F)(F)F)C(F)(F)C(F)(F)C(F)(F)C(F)(F)F. The zero-order valence-corrected chi connectivity index (χ0v) is 16.8. The zero-order valence-electron chi connectivity index (χ0n) is 16.8. The molecule has 0 N–H and O–H groups in total. The maximum Gasteiger partial charge on any atom is 0.460 e. The zero-order chi connectivity index (χ0) is 25.9. The van der Waals surface area contributed by atoms with Crippen LogP contribution >= 0.6 is 0 Å². The molecule has 0 spiro atoms. The van der Waals surface area contributed by atoms with Crippen molar-refractivity contribution in [1.82, 2.24) is 0 Å². The van der Waals surface area contributed by atoms with E-state index in [0.717, 1.165) is 11.1 Å². The summed E-state index contributed by atoms with van der Waals surface area (Å²) in [5.74, 6) is -22.7. The highest BCUT2D eigenvalue weighted by Gasteiger charge is 2.89. The van der Waals surface area contributed by atoms with E-state index in [1.165, 1.54) is 6.08 Å². The number of aryl methyl sites for hydroxylation is 1. The lowest BCUT2D eigenvalue weighted by molar-refractivity contribution is -0.432. The van der Waals surface area contributed by atoms with Gasteiger partial charge in [0.05, 0.1) is 0 Å². The Balaban J connectivity index is 2.95. The average Bonchev–Trinajstić information content (AvgIpc) is 2.68. The number of unbranched alkanes of at least 4 members (excludes halogenated alkanes) is 3. The Morgan fingerprint density at radius 1 is 0.606 bits per heavy atom. The van der Waals surface area contributed by atoms with Crippen molar-refractivity contribution >= 4 is 6.08 Å². The summed E-state index contributed by atoms with van der Waals surface area (Å²) in [5, 5.41) is 0. The van der Waals surface area contributed by atoms with E-state index < -0.39 is 55.1 Å². The molecule has 0 aliphatic carbocycles. The number of hydrogen-bond acceptors (Lipinski definition) is 0. The smallest absolute Gasteiger partial charge is 0.227 e. The lowest BCUT2D eigenvalue weighted by atomic mass is 9.84. The number of halogens is 13. The monoisotopic (exact) mass is 506 g/mol. The molecule has 0 nitrogen and oxygen atoms in total. The first-order chi connectivity index (χ1) is 14.8. The van der Waals surface area contributed by atoms with E-state index in [2.05, 4.69) is 6.58 Å². The second kappa shape index (κ2) is 9.73. The van der Waals surface area contributed by atoms with Gasteiger partial charge in [0.15, 0.2) is 0 Å². The largest absolute Gasteiger partial charge is 0.460 e. The molecular weight excluding hydrogens is 487 g/mol. The van der Waals surface area contributed by atoms with Crippen molar-refractivity contribution in [3.8, 4) is 0 Å². The lowest BCUT2D eigenvalue weighted by Crippen LogP contribution is -2.70. The molecule has 13 heteroatoms. The Morgan fingerprint density at radius 2 is 1.12 bits per heavy atom. The second-order valence-corrected chi connectivity index (χ2v) is 7.34. The lowest BCUT2D eigenvalue weighted by Gasteiger charge is -2.41. The van der Waals surface area contributed by atoms with Gasteiger partial charge in [-0.25, -0.2) is 4.39 Å². The van der Waals surface area contributed by atoms with Crippen LogP contribution in [-0.2, 0) is 6.42 Å². The van der Waals surface area contributed by atoms with Gasteiger partial charge in [-0.1, -0.05) is 49.8 Å². The Hall–Kier alpha value is -1.95. The minimum absolute atomic E-state index is 0.0140. The normalized spacial score (nSPS) is 15.9. The second-order valence-electron chi connectivity index (χ2n) is 7.34. The Morgan fingerprint density at radius 3 is 1.61 bits per heavy atom. The van der Waals surface area contributed by atoms with Gasteiger partial charge in [-0.15, -0.1) is 0 Å². The van der Waals surface area contributed by atoms with Gasteiger partial charge in [0.25, 0.3) is 5.67 Å². The summed E-state index contributed by atoms with van der Waals surface area (Å²) in [6, 6.07) is 6.80. The molecule has 1 rings (SSSR count). The van der Waals surface area contributed by atoms with Crippen LogP contribution in [0, 0.1) is 0 Å². The molecule has 0 aromatic heterocycles. The molecule has 1 aromatic rings. The highest BCUT2D eigenvalue weighted by Crippen LogP contribution is 2.61. The molecule has 0 aliphatic rings. The number of hydrogen-bond donors (Lipinski definition) is 0. The highest BCUT2D eigenvalue weighted by atomic mass is 19.4. The molecule has 0 amide bonds. The van der Waals surface area contributed by atoms with Gasteiger partial charge in [-0.2, -0.15) is 52.7 Å². The third kappa shape index (κ3) is 5.42. The molecule has 0 saturated heterocycles. The van der Waals surface area contributed by atoms with Crippen molar-refractivity contribution in [1.29, 1.82) is 0 Å². The molecular formula is C20H19F13. The van der Waals surface area contributed by atoms with Crippen LogP contribution in [0.15, 0.2) is 30.8 Å². The van der Waals surface area contributed by atoms with Crippen molar-refractivity contribution in [3.05, 3.63) is 42.0 Å². The average molecular weight is 506 g/mol. The number of rotatable bonds is 11. The van der Waals surface area contributed by atoms with Gasteiger partial charge < -0.3 is 0 Å². The molecule has 33 heavy (non-hydrogen) atoms. The summed E-state index contributed by atoms with van der Waals surface area (Å²) in [6.07, 6.45) is -16.0. The predicted molar refractivity (Wildman–Crippen MR) is 94.1 cm³/mol. The van der Waals surface area contributed by atoms with E-state index >= 15 is 0 Å². The van der Waals surface area contributed by atoms with Gasteiger partial charge in [-0.05, 0) is 36.8 Å². The molecule has 1 atom stereocenters. The topological polar surface area (TPSA) is 0 Å². The van der Waals surface area contributed by atoms with Crippen LogP contribution in [-0.4, -0.2) is 35.8 Å². The standard InChI is InChI=1S/C20H19F13/c1-2-13-9-6-7-11-14(13)10-5-3-4-8-12-15(21,19(28,29)30)16(22,23)17(24,25)18(26,27)20(31,32)33/h2,6-7,9,11H,1,3-5,8,10,12H2. The molecule has 0 aliphatic heterocycles. The maximum atomic E-state index is 14.3. The summed E-state index contributed by atoms with van der Waals surface area (Å²) in [6.45, 7) is 3.57. The Bertz CT molecular complexity index is 792. The van der Waals surface area contributed by atoms with Crippen LogP contribution in [0.5, 0.6) is 0 Å². The molecule has 0 bridgehead atoms. The van der Waals surface area contributed by atoms with Gasteiger partial charge >= 0.3 is 30.1 Å². The van der Waals surface area contributed by atoms with Crippen LogP contribution in [0.25, 0.3) is 6.08 Å². The maximum absolute atomic E-state index is 14.3. The molecule has 0 saturated carbocycles. The fourth-order valence-corrected chi connectivity index (χ4v) is 3.10. The Kier molecular flexibility index (Phi) is 8.58. The Labute approximate surface area is 180 Å². The van der Waals surface area contributed by atoms with E-state index in [1.807, 2.05) is 0 Å². The van der Waals surface area contributed by atoms with Crippen molar-refractivity contribution in [2.45, 2.75) is 74.3 Å². The van der Waals surface area contributed by atoms with Gasteiger partial charge in [0.2, 0.25) is 0 Å². The van der Waals surface area contributed by atoms with E-state index in [-0.39, 0.29) is 12.8 Å². The minimum Gasteiger partial charge on any atom is -0.227 e. The van der Waals surface area contributed by atoms with Crippen molar-refractivity contribution < 1.29 is 57.1 Å². The molecule has 190 valence electrons. The van der Waals surface area contributed by atoms with E-state index in [4.69, 9.17) is 0 Å². The van der Waals surface area contributed by atoms with Crippen LogP contribution in [0.3, 0.4) is 0 Å². The highest BCUT2D eigenvalue weighted by molar-refractivity contribution is 5.51. The van der Waals surface area contributed by atoms with Gasteiger partial charge in [0.1, 0.15) is 0 Å². The summed E-state index contributed by atoms with van der Waals surface area (Å²) < 4.78 is 170. The molecule has 0 radical (unpaired) electrons. The quantitative estimate of drug-likeness (QED) is 0.208. The van der Waals surface area contributed by atoms with Gasteiger partial charge in [-0.3, -0.25) is 0 Å². The third-order valence-electron chi connectivity index (χ3n) is 5.08. The van der Waals surface area contributed by atoms with Crippen molar-refractivity contribution in [2.75, 3.05) is 0 Å². The molecule has 0 fully saturated rings.